The molecule has 1 aliphatic rings. The Labute approximate surface area is 96.5 Å². The molecule has 2 unspecified atom stereocenters. The first kappa shape index (κ1) is 11.6. The molecule has 3 heteroatoms. The fourth-order valence-electron chi connectivity index (χ4n) is 2.52. The van der Waals surface area contributed by atoms with Crippen LogP contribution in [0.2, 0.25) is 0 Å². The molecule has 1 aromatic carbocycles. The SMILES string of the molecule is CCN1CC(NC)CC1c1cccc(F)c1. The predicted octanol–water partition coefficient (Wildman–Crippen LogP) is 2.18. The molecule has 1 aliphatic heterocycles. The van der Waals surface area contributed by atoms with Crippen molar-refractivity contribution in [2.45, 2.75) is 25.4 Å². The molecule has 2 rings (SSSR count). The van der Waals surface area contributed by atoms with Crippen molar-refractivity contribution in [2.75, 3.05) is 20.1 Å². The van der Waals surface area contributed by atoms with Crippen molar-refractivity contribution in [3.8, 4) is 0 Å². The van der Waals surface area contributed by atoms with Gasteiger partial charge in [0, 0.05) is 18.6 Å². The molecule has 0 saturated carbocycles. The summed E-state index contributed by atoms with van der Waals surface area (Å²) in [7, 11) is 1.99. The van der Waals surface area contributed by atoms with E-state index in [0.717, 1.165) is 25.1 Å². The number of likely N-dealkylation sites (tertiary alicyclic amines) is 1. The van der Waals surface area contributed by atoms with Crippen LogP contribution in [0.5, 0.6) is 0 Å². The van der Waals surface area contributed by atoms with Crippen molar-refractivity contribution >= 4 is 0 Å². The van der Waals surface area contributed by atoms with E-state index in [2.05, 4.69) is 17.1 Å². The molecule has 0 bridgehead atoms. The molecule has 0 amide bonds. The minimum atomic E-state index is -0.138. The molecule has 2 nitrogen and oxygen atoms in total. The van der Waals surface area contributed by atoms with E-state index in [9.17, 15) is 4.39 Å². The number of rotatable bonds is 3. The minimum absolute atomic E-state index is 0.138. The topological polar surface area (TPSA) is 15.3 Å². The van der Waals surface area contributed by atoms with Crippen molar-refractivity contribution in [3.05, 3.63) is 35.6 Å². The molecule has 1 heterocycles. The summed E-state index contributed by atoms with van der Waals surface area (Å²) in [5.74, 6) is -0.138. The van der Waals surface area contributed by atoms with Crippen molar-refractivity contribution in [2.24, 2.45) is 0 Å². The summed E-state index contributed by atoms with van der Waals surface area (Å²) in [6.45, 7) is 4.22. The van der Waals surface area contributed by atoms with E-state index in [1.165, 1.54) is 6.07 Å². The largest absolute Gasteiger partial charge is 0.316 e. The Morgan fingerprint density at radius 3 is 2.94 bits per heavy atom. The van der Waals surface area contributed by atoms with Crippen molar-refractivity contribution in [1.82, 2.24) is 10.2 Å². The van der Waals surface area contributed by atoms with E-state index >= 15 is 0 Å². The summed E-state index contributed by atoms with van der Waals surface area (Å²) < 4.78 is 13.2. The smallest absolute Gasteiger partial charge is 0.123 e. The molecule has 1 aromatic rings. The summed E-state index contributed by atoms with van der Waals surface area (Å²) in [5, 5.41) is 3.31. The lowest BCUT2D eigenvalue weighted by Crippen LogP contribution is -2.29. The van der Waals surface area contributed by atoms with Gasteiger partial charge in [-0.1, -0.05) is 19.1 Å². The molecule has 16 heavy (non-hydrogen) atoms. The van der Waals surface area contributed by atoms with Gasteiger partial charge >= 0.3 is 0 Å². The Morgan fingerprint density at radius 2 is 2.31 bits per heavy atom. The van der Waals surface area contributed by atoms with E-state index in [4.69, 9.17) is 0 Å². The summed E-state index contributed by atoms with van der Waals surface area (Å²) in [5.41, 5.74) is 1.10. The first-order chi connectivity index (χ1) is 7.74. The second kappa shape index (κ2) is 4.93. The highest BCUT2D eigenvalue weighted by atomic mass is 19.1. The van der Waals surface area contributed by atoms with Crippen LogP contribution in [-0.4, -0.2) is 31.1 Å². The maximum absolute atomic E-state index is 13.2. The summed E-state index contributed by atoms with van der Waals surface area (Å²) in [6, 6.07) is 7.86. The van der Waals surface area contributed by atoms with Gasteiger partial charge in [-0.3, -0.25) is 4.90 Å². The van der Waals surface area contributed by atoms with Gasteiger partial charge in [-0.2, -0.15) is 0 Å². The zero-order valence-electron chi connectivity index (χ0n) is 9.91. The fourth-order valence-corrected chi connectivity index (χ4v) is 2.52. The number of nitrogens with one attached hydrogen (secondary N) is 1. The Kier molecular flexibility index (Phi) is 3.56. The minimum Gasteiger partial charge on any atom is -0.316 e. The molecular weight excluding hydrogens is 203 g/mol. The van der Waals surface area contributed by atoms with Crippen LogP contribution < -0.4 is 5.32 Å². The Bertz CT molecular complexity index is 354. The van der Waals surface area contributed by atoms with Gasteiger partial charge in [-0.05, 0) is 37.7 Å². The lowest BCUT2D eigenvalue weighted by atomic mass is 10.0. The zero-order valence-corrected chi connectivity index (χ0v) is 9.91. The fraction of sp³-hybridized carbons (Fsp3) is 0.538. The second-order valence-corrected chi connectivity index (χ2v) is 4.38. The molecule has 1 N–H and O–H groups in total. The molecule has 0 aliphatic carbocycles. The van der Waals surface area contributed by atoms with Crippen LogP contribution in [-0.2, 0) is 0 Å². The van der Waals surface area contributed by atoms with Gasteiger partial charge in [0.15, 0.2) is 0 Å². The second-order valence-electron chi connectivity index (χ2n) is 4.38. The maximum Gasteiger partial charge on any atom is 0.123 e. The Hall–Kier alpha value is -0.930. The third-order valence-corrected chi connectivity index (χ3v) is 3.45. The number of halogens is 1. The standard InChI is InChI=1S/C13H19FN2/c1-3-16-9-12(15-2)8-13(16)10-5-4-6-11(14)7-10/h4-7,12-13,15H,3,8-9H2,1-2H3. The molecule has 2 atom stereocenters. The number of hydrogen-bond acceptors (Lipinski definition) is 2. The average molecular weight is 222 g/mol. The van der Waals surface area contributed by atoms with Crippen LogP contribution in [0.3, 0.4) is 0 Å². The third kappa shape index (κ3) is 2.25. The number of hydrogen-bond donors (Lipinski definition) is 1. The lowest BCUT2D eigenvalue weighted by Gasteiger charge is -2.22. The number of benzene rings is 1. The lowest BCUT2D eigenvalue weighted by molar-refractivity contribution is 0.269. The van der Waals surface area contributed by atoms with E-state index < -0.39 is 0 Å². The molecular formula is C13H19FN2. The zero-order chi connectivity index (χ0) is 11.5. The van der Waals surface area contributed by atoms with Gasteiger partial charge in [-0.25, -0.2) is 4.39 Å². The molecule has 1 saturated heterocycles. The van der Waals surface area contributed by atoms with Gasteiger partial charge in [0.25, 0.3) is 0 Å². The molecule has 88 valence electrons. The molecule has 0 spiro atoms. The van der Waals surface area contributed by atoms with Crippen LogP contribution in [0.15, 0.2) is 24.3 Å². The molecule has 1 fully saturated rings. The summed E-state index contributed by atoms with van der Waals surface area (Å²) in [6.07, 6.45) is 1.06. The third-order valence-electron chi connectivity index (χ3n) is 3.45. The van der Waals surface area contributed by atoms with E-state index in [1.807, 2.05) is 13.1 Å². The van der Waals surface area contributed by atoms with Gasteiger partial charge in [-0.15, -0.1) is 0 Å². The molecule has 0 aromatic heterocycles. The van der Waals surface area contributed by atoms with Crippen LogP contribution >= 0.6 is 0 Å². The first-order valence-electron chi connectivity index (χ1n) is 5.91. The van der Waals surface area contributed by atoms with Gasteiger partial charge < -0.3 is 5.32 Å². The van der Waals surface area contributed by atoms with Crippen LogP contribution in [0.4, 0.5) is 4.39 Å². The highest BCUT2D eigenvalue weighted by Crippen LogP contribution is 2.31. The van der Waals surface area contributed by atoms with Crippen molar-refractivity contribution < 1.29 is 4.39 Å². The first-order valence-corrected chi connectivity index (χ1v) is 5.91. The van der Waals surface area contributed by atoms with E-state index in [-0.39, 0.29) is 5.82 Å². The van der Waals surface area contributed by atoms with Crippen LogP contribution in [0.1, 0.15) is 24.9 Å². The van der Waals surface area contributed by atoms with Crippen molar-refractivity contribution in [1.29, 1.82) is 0 Å². The Balaban J connectivity index is 2.19. The summed E-state index contributed by atoms with van der Waals surface area (Å²) in [4.78, 5) is 2.40. The van der Waals surface area contributed by atoms with Crippen molar-refractivity contribution in [3.63, 3.8) is 0 Å². The normalized spacial score (nSPS) is 26.2. The highest BCUT2D eigenvalue weighted by Gasteiger charge is 2.31. The van der Waals surface area contributed by atoms with Crippen LogP contribution in [0.25, 0.3) is 0 Å². The number of likely N-dealkylation sites (N-methyl/N-ethyl adjacent to an activating group) is 2. The monoisotopic (exact) mass is 222 g/mol. The quantitative estimate of drug-likeness (QED) is 0.843. The van der Waals surface area contributed by atoms with Gasteiger partial charge in [0.1, 0.15) is 5.82 Å². The molecule has 0 radical (unpaired) electrons. The van der Waals surface area contributed by atoms with Crippen LogP contribution in [0, 0.1) is 5.82 Å². The maximum atomic E-state index is 13.2. The average Bonchev–Trinajstić information content (AvgIpc) is 2.72. The highest BCUT2D eigenvalue weighted by molar-refractivity contribution is 5.22. The Morgan fingerprint density at radius 1 is 1.50 bits per heavy atom. The van der Waals surface area contributed by atoms with E-state index in [1.54, 1.807) is 12.1 Å². The van der Waals surface area contributed by atoms with E-state index in [0.29, 0.717) is 12.1 Å². The number of nitrogens with zero attached hydrogens (tertiary/aromatic N) is 1. The predicted molar refractivity (Wildman–Crippen MR) is 63.9 cm³/mol. The van der Waals surface area contributed by atoms with Gasteiger partial charge in [0.05, 0.1) is 0 Å². The summed E-state index contributed by atoms with van der Waals surface area (Å²) >= 11 is 0. The van der Waals surface area contributed by atoms with Gasteiger partial charge in [0.2, 0.25) is 0 Å².